The summed E-state index contributed by atoms with van der Waals surface area (Å²) in [5.74, 6) is 0.915. The largest absolute Gasteiger partial charge is 0.349 e. The van der Waals surface area contributed by atoms with Crippen LogP contribution < -0.4 is 10.6 Å². The van der Waals surface area contributed by atoms with Crippen LogP contribution in [0.1, 0.15) is 67.8 Å². The first kappa shape index (κ1) is 17.4. The Morgan fingerprint density at radius 3 is 2.28 bits per heavy atom. The van der Waals surface area contributed by atoms with Gasteiger partial charge in [0.15, 0.2) is 0 Å². The fourth-order valence-corrected chi connectivity index (χ4v) is 3.11. The first-order valence-electron chi connectivity index (χ1n) is 9.12. The van der Waals surface area contributed by atoms with E-state index in [1.807, 2.05) is 12.1 Å². The highest BCUT2D eigenvalue weighted by Crippen LogP contribution is 2.19. The molecule has 0 unspecified atom stereocenters. The van der Waals surface area contributed by atoms with E-state index < -0.39 is 0 Å². The SMILES string of the molecule is CC(C)c1ccc(Nc2ncc(C(=O)NC3CCCCC3)cn2)cc1. The molecule has 0 spiro atoms. The van der Waals surface area contributed by atoms with Gasteiger partial charge in [0, 0.05) is 24.1 Å². The van der Waals surface area contributed by atoms with Crippen molar-refractivity contribution in [3.05, 3.63) is 47.8 Å². The van der Waals surface area contributed by atoms with Crippen molar-refractivity contribution in [1.29, 1.82) is 0 Å². The molecule has 1 aliphatic rings. The van der Waals surface area contributed by atoms with Gasteiger partial charge in [-0.1, -0.05) is 45.2 Å². The molecule has 2 N–H and O–H groups in total. The second-order valence-corrected chi connectivity index (χ2v) is 7.01. The number of carbonyl (C=O) groups is 1. The van der Waals surface area contributed by atoms with Crippen LogP contribution in [-0.4, -0.2) is 21.9 Å². The summed E-state index contributed by atoms with van der Waals surface area (Å²) in [6.45, 7) is 4.34. The Kier molecular flexibility index (Phi) is 5.64. The number of carbonyl (C=O) groups excluding carboxylic acids is 1. The second kappa shape index (κ2) is 8.10. The van der Waals surface area contributed by atoms with Crippen LogP contribution >= 0.6 is 0 Å². The molecule has 0 aliphatic heterocycles. The number of benzene rings is 1. The third-order valence-corrected chi connectivity index (χ3v) is 4.69. The predicted molar refractivity (Wildman–Crippen MR) is 100 cm³/mol. The van der Waals surface area contributed by atoms with Gasteiger partial charge in [-0.3, -0.25) is 4.79 Å². The first-order valence-corrected chi connectivity index (χ1v) is 9.12. The van der Waals surface area contributed by atoms with E-state index in [0.717, 1.165) is 18.5 Å². The summed E-state index contributed by atoms with van der Waals surface area (Å²) in [4.78, 5) is 20.8. The molecule has 25 heavy (non-hydrogen) atoms. The van der Waals surface area contributed by atoms with Crippen LogP contribution in [0.5, 0.6) is 0 Å². The topological polar surface area (TPSA) is 66.9 Å². The van der Waals surface area contributed by atoms with Crippen LogP contribution in [0, 0.1) is 0 Å². The Labute approximate surface area is 149 Å². The van der Waals surface area contributed by atoms with Crippen LogP contribution in [-0.2, 0) is 0 Å². The maximum Gasteiger partial charge on any atom is 0.254 e. The zero-order valence-electron chi connectivity index (χ0n) is 15.0. The zero-order valence-corrected chi connectivity index (χ0v) is 15.0. The summed E-state index contributed by atoms with van der Waals surface area (Å²) in [7, 11) is 0. The molecule has 1 aliphatic carbocycles. The Bertz CT molecular complexity index is 689. The number of rotatable bonds is 5. The van der Waals surface area contributed by atoms with Gasteiger partial charge in [0.2, 0.25) is 5.95 Å². The molecule has 2 aromatic rings. The molecule has 1 heterocycles. The van der Waals surface area contributed by atoms with Crippen LogP contribution in [0.2, 0.25) is 0 Å². The molecule has 5 heteroatoms. The van der Waals surface area contributed by atoms with Gasteiger partial charge in [0.1, 0.15) is 0 Å². The molecule has 132 valence electrons. The zero-order chi connectivity index (χ0) is 17.6. The Morgan fingerprint density at radius 2 is 1.68 bits per heavy atom. The fourth-order valence-electron chi connectivity index (χ4n) is 3.11. The van der Waals surface area contributed by atoms with Crippen molar-refractivity contribution in [1.82, 2.24) is 15.3 Å². The number of aromatic nitrogens is 2. The average Bonchev–Trinajstić information content (AvgIpc) is 2.63. The minimum absolute atomic E-state index is 0.0836. The Hall–Kier alpha value is -2.43. The Morgan fingerprint density at radius 1 is 1.04 bits per heavy atom. The molecule has 1 saturated carbocycles. The molecule has 0 atom stereocenters. The summed E-state index contributed by atoms with van der Waals surface area (Å²) in [6, 6.07) is 8.52. The summed E-state index contributed by atoms with van der Waals surface area (Å²) in [5.41, 5.74) is 2.73. The highest BCUT2D eigenvalue weighted by atomic mass is 16.1. The van der Waals surface area contributed by atoms with Gasteiger partial charge in [-0.2, -0.15) is 0 Å². The number of nitrogens with one attached hydrogen (secondary N) is 2. The standard InChI is InChI=1S/C20H26N4O/c1-14(2)15-8-10-18(11-9-15)24-20-21-12-16(13-22-20)19(25)23-17-6-4-3-5-7-17/h8-14,17H,3-7H2,1-2H3,(H,23,25)(H,21,22,24). The van der Waals surface area contributed by atoms with E-state index in [2.05, 4.69) is 46.6 Å². The molecular weight excluding hydrogens is 312 g/mol. The average molecular weight is 338 g/mol. The minimum Gasteiger partial charge on any atom is -0.349 e. The first-order chi connectivity index (χ1) is 12.1. The van der Waals surface area contributed by atoms with E-state index in [4.69, 9.17) is 0 Å². The maximum atomic E-state index is 12.3. The van der Waals surface area contributed by atoms with Crippen molar-refractivity contribution in [2.75, 3.05) is 5.32 Å². The molecule has 0 saturated heterocycles. The lowest BCUT2D eigenvalue weighted by Gasteiger charge is -2.22. The van der Waals surface area contributed by atoms with Crippen molar-refractivity contribution in [2.24, 2.45) is 0 Å². The van der Waals surface area contributed by atoms with Gasteiger partial charge in [0.05, 0.1) is 5.56 Å². The second-order valence-electron chi connectivity index (χ2n) is 7.01. The van der Waals surface area contributed by atoms with Crippen LogP contribution in [0.4, 0.5) is 11.6 Å². The number of hydrogen-bond donors (Lipinski definition) is 2. The van der Waals surface area contributed by atoms with Crippen molar-refractivity contribution in [2.45, 2.75) is 57.9 Å². The summed E-state index contributed by atoms with van der Waals surface area (Å²) in [5, 5.41) is 6.25. The maximum absolute atomic E-state index is 12.3. The smallest absolute Gasteiger partial charge is 0.254 e. The highest BCUT2D eigenvalue weighted by Gasteiger charge is 2.17. The lowest BCUT2D eigenvalue weighted by Crippen LogP contribution is -2.36. The van der Waals surface area contributed by atoms with Crippen molar-refractivity contribution in [3.8, 4) is 0 Å². The third kappa shape index (κ3) is 4.78. The molecule has 1 fully saturated rings. The molecule has 1 aromatic heterocycles. The number of nitrogens with zero attached hydrogens (tertiary/aromatic N) is 2. The van der Waals surface area contributed by atoms with Crippen molar-refractivity contribution < 1.29 is 4.79 Å². The van der Waals surface area contributed by atoms with Crippen LogP contribution in [0.15, 0.2) is 36.7 Å². The molecular formula is C20H26N4O. The fraction of sp³-hybridized carbons (Fsp3) is 0.450. The van der Waals surface area contributed by atoms with Gasteiger partial charge in [-0.25, -0.2) is 9.97 Å². The number of hydrogen-bond acceptors (Lipinski definition) is 4. The van der Waals surface area contributed by atoms with Crippen LogP contribution in [0.25, 0.3) is 0 Å². The molecule has 5 nitrogen and oxygen atoms in total. The summed E-state index contributed by atoms with van der Waals surface area (Å²) < 4.78 is 0. The van der Waals surface area contributed by atoms with Crippen LogP contribution in [0.3, 0.4) is 0 Å². The van der Waals surface area contributed by atoms with E-state index in [0.29, 0.717) is 23.5 Å². The highest BCUT2D eigenvalue weighted by molar-refractivity contribution is 5.93. The number of amides is 1. The number of anilines is 2. The summed E-state index contributed by atoms with van der Waals surface area (Å²) >= 11 is 0. The molecule has 1 amide bonds. The van der Waals surface area contributed by atoms with Gasteiger partial charge >= 0.3 is 0 Å². The summed E-state index contributed by atoms with van der Waals surface area (Å²) in [6.07, 6.45) is 8.96. The monoisotopic (exact) mass is 338 g/mol. The Balaban J connectivity index is 1.58. The van der Waals surface area contributed by atoms with Gasteiger partial charge in [0.25, 0.3) is 5.91 Å². The van der Waals surface area contributed by atoms with Crippen molar-refractivity contribution >= 4 is 17.5 Å². The van der Waals surface area contributed by atoms with E-state index in [-0.39, 0.29) is 5.91 Å². The third-order valence-electron chi connectivity index (χ3n) is 4.69. The quantitative estimate of drug-likeness (QED) is 0.847. The lowest BCUT2D eigenvalue weighted by atomic mass is 9.95. The molecule has 1 aromatic carbocycles. The lowest BCUT2D eigenvalue weighted by molar-refractivity contribution is 0.0927. The van der Waals surface area contributed by atoms with Gasteiger partial charge in [-0.05, 0) is 36.5 Å². The van der Waals surface area contributed by atoms with Crippen molar-refractivity contribution in [3.63, 3.8) is 0 Å². The molecule has 0 radical (unpaired) electrons. The minimum atomic E-state index is -0.0836. The normalized spacial score (nSPS) is 15.2. The predicted octanol–water partition coefficient (Wildman–Crippen LogP) is 4.41. The molecule has 0 bridgehead atoms. The van der Waals surface area contributed by atoms with E-state index in [1.54, 1.807) is 12.4 Å². The van der Waals surface area contributed by atoms with E-state index in [1.165, 1.54) is 24.8 Å². The van der Waals surface area contributed by atoms with Gasteiger partial charge < -0.3 is 10.6 Å². The van der Waals surface area contributed by atoms with E-state index in [9.17, 15) is 4.79 Å². The van der Waals surface area contributed by atoms with E-state index >= 15 is 0 Å². The molecule has 3 rings (SSSR count). The van der Waals surface area contributed by atoms with Gasteiger partial charge in [-0.15, -0.1) is 0 Å².